The molecular formula is C16H18BrFN2O3. The van der Waals surface area contributed by atoms with E-state index in [-0.39, 0.29) is 5.69 Å². The largest absolute Gasteiger partial charge is 0.466 e. The molecule has 2 rings (SSSR count). The van der Waals surface area contributed by atoms with E-state index < -0.39 is 17.5 Å². The van der Waals surface area contributed by atoms with Crippen LogP contribution in [0.2, 0.25) is 0 Å². The molecule has 7 heteroatoms. The monoisotopic (exact) mass is 384 g/mol. The topological polar surface area (TPSA) is 63.5 Å². The van der Waals surface area contributed by atoms with Gasteiger partial charge in [-0.3, -0.25) is 5.32 Å². The number of hydrogen-bond donors (Lipinski definition) is 2. The molecule has 0 saturated heterocycles. The zero-order valence-electron chi connectivity index (χ0n) is 13.1. The summed E-state index contributed by atoms with van der Waals surface area (Å²) in [6.45, 7) is 5.61. The van der Waals surface area contributed by atoms with E-state index >= 15 is 0 Å². The number of hydrogen-bond acceptors (Lipinski definition) is 4. The lowest BCUT2D eigenvalue weighted by atomic mass is 10.2. The minimum absolute atomic E-state index is 0.252. The standard InChI is InChI=1S/C16H18BrFN2O3/c1-16(2,3)23-15(21)20-10-4-5-12(18)13(8-10)19-9-14-11(17)6-7-22-14/h4-8,19H,9H2,1-3H3,(H,20,21). The number of nitrogens with one attached hydrogen (secondary N) is 2. The first-order chi connectivity index (χ1) is 10.7. The van der Waals surface area contributed by atoms with Crippen molar-refractivity contribution in [3.63, 3.8) is 0 Å². The van der Waals surface area contributed by atoms with Crippen LogP contribution in [0.4, 0.5) is 20.6 Å². The van der Waals surface area contributed by atoms with Gasteiger partial charge in [0.1, 0.15) is 17.2 Å². The summed E-state index contributed by atoms with van der Waals surface area (Å²) in [6, 6.07) is 5.99. The average molecular weight is 385 g/mol. The molecule has 124 valence electrons. The molecule has 23 heavy (non-hydrogen) atoms. The molecule has 1 heterocycles. The maximum Gasteiger partial charge on any atom is 0.412 e. The predicted octanol–water partition coefficient (Wildman–Crippen LogP) is 5.14. The third-order valence-corrected chi connectivity index (χ3v) is 3.45. The molecule has 0 aliphatic rings. The van der Waals surface area contributed by atoms with Crippen molar-refractivity contribution in [2.75, 3.05) is 10.6 Å². The lowest BCUT2D eigenvalue weighted by Crippen LogP contribution is -2.27. The number of carbonyl (C=O) groups excluding carboxylic acids is 1. The van der Waals surface area contributed by atoms with Crippen LogP contribution in [-0.4, -0.2) is 11.7 Å². The number of amides is 1. The van der Waals surface area contributed by atoms with Crippen LogP contribution in [0.15, 0.2) is 39.4 Å². The van der Waals surface area contributed by atoms with E-state index in [1.54, 1.807) is 26.8 Å². The van der Waals surface area contributed by atoms with Crippen molar-refractivity contribution in [3.8, 4) is 0 Å². The van der Waals surface area contributed by atoms with Crippen LogP contribution < -0.4 is 10.6 Å². The Morgan fingerprint density at radius 1 is 1.35 bits per heavy atom. The molecule has 0 aliphatic carbocycles. The SMILES string of the molecule is CC(C)(C)OC(=O)Nc1ccc(F)c(NCc2occc2Br)c1. The van der Waals surface area contributed by atoms with Crippen molar-refractivity contribution in [1.82, 2.24) is 0 Å². The molecule has 2 aromatic rings. The van der Waals surface area contributed by atoms with Crippen LogP contribution in [0.3, 0.4) is 0 Å². The molecular weight excluding hydrogens is 367 g/mol. The third-order valence-electron chi connectivity index (χ3n) is 2.74. The zero-order chi connectivity index (χ0) is 17.0. The highest BCUT2D eigenvalue weighted by atomic mass is 79.9. The van der Waals surface area contributed by atoms with Gasteiger partial charge in [-0.1, -0.05) is 0 Å². The first-order valence-electron chi connectivity index (χ1n) is 7.00. The van der Waals surface area contributed by atoms with E-state index in [9.17, 15) is 9.18 Å². The second-order valence-corrected chi connectivity index (χ2v) is 6.72. The fourth-order valence-electron chi connectivity index (χ4n) is 1.79. The zero-order valence-corrected chi connectivity index (χ0v) is 14.7. The van der Waals surface area contributed by atoms with Gasteiger partial charge in [0, 0.05) is 5.69 Å². The van der Waals surface area contributed by atoms with Crippen LogP contribution in [0.1, 0.15) is 26.5 Å². The smallest absolute Gasteiger partial charge is 0.412 e. The van der Waals surface area contributed by atoms with Crippen molar-refractivity contribution in [2.24, 2.45) is 0 Å². The molecule has 1 amide bonds. The van der Waals surface area contributed by atoms with Gasteiger partial charge in [-0.15, -0.1) is 0 Å². The lowest BCUT2D eigenvalue weighted by Gasteiger charge is -2.20. The molecule has 0 unspecified atom stereocenters. The summed E-state index contributed by atoms with van der Waals surface area (Å²) in [7, 11) is 0. The Bertz CT molecular complexity index is 695. The number of anilines is 2. The highest BCUT2D eigenvalue weighted by Crippen LogP contribution is 2.23. The molecule has 1 aromatic carbocycles. The van der Waals surface area contributed by atoms with Gasteiger partial charge < -0.3 is 14.5 Å². The molecule has 2 N–H and O–H groups in total. The highest BCUT2D eigenvalue weighted by Gasteiger charge is 2.16. The summed E-state index contributed by atoms with van der Waals surface area (Å²) in [4.78, 5) is 11.7. The quantitative estimate of drug-likeness (QED) is 0.765. The van der Waals surface area contributed by atoms with E-state index in [2.05, 4.69) is 26.6 Å². The molecule has 5 nitrogen and oxygen atoms in total. The Labute approximate surface area is 142 Å². The maximum absolute atomic E-state index is 13.9. The van der Waals surface area contributed by atoms with Crippen molar-refractivity contribution < 1.29 is 18.3 Å². The van der Waals surface area contributed by atoms with Gasteiger partial charge in [0.05, 0.1) is 23.0 Å². The number of carbonyl (C=O) groups is 1. The highest BCUT2D eigenvalue weighted by molar-refractivity contribution is 9.10. The Morgan fingerprint density at radius 2 is 2.09 bits per heavy atom. The molecule has 1 aromatic heterocycles. The van der Waals surface area contributed by atoms with E-state index in [0.29, 0.717) is 18.0 Å². The number of halogens is 2. The molecule has 0 fully saturated rings. The predicted molar refractivity (Wildman–Crippen MR) is 90.0 cm³/mol. The summed E-state index contributed by atoms with van der Waals surface area (Å²) in [5.74, 6) is 0.220. The van der Waals surface area contributed by atoms with Crippen LogP contribution >= 0.6 is 15.9 Å². The first-order valence-corrected chi connectivity index (χ1v) is 7.79. The first kappa shape index (κ1) is 17.3. The maximum atomic E-state index is 13.9. The van der Waals surface area contributed by atoms with Gasteiger partial charge in [-0.25, -0.2) is 9.18 Å². The molecule has 0 radical (unpaired) electrons. The van der Waals surface area contributed by atoms with Crippen LogP contribution in [0, 0.1) is 5.82 Å². The van der Waals surface area contributed by atoms with E-state index in [1.165, 1.54) is 24.5 Å². The van der Waals surface area contributed by atoms with Crippen LogP contribution in [-0.2, 0) is 11.3 Å². The molecule has 0 atom stereocenters. The average Bonchev–Trinajstić information content (AvgIpc) is 2.83. The fraction of sp³-hybridized carbons (Fsp3) is 0.312. The van der Waals surface area contributed by atoms with Gasteiger partial charge in [0.15, 0.2) is 0 Å². The minimum Gasteiger partial charge on any atom is -0.466 e. The second-order valence-electron chi connectivity index (χ2n) is 5.87. The summed E-state index contributed by atoms with van der Waals surface area (Å²) < 4.78 is 25.1. The minimum atomic E-state index is -0.600. The van der Waals surface area contributed by atoms with Crippen LogP contribution in [0.5, 0.6) is 0 Å². The number of benzene rings is 1. The van der Waals surface area contributed by atoms with Crippen molar-refractivity contribution in [2.45, 2.75) is 32.9 Å². The second kappa shape index (κ2) is 7.04. The van der Waals surface area contributed by atoms with Gasteiger partial charge in [-0.2, -0.15) is 0 Å². The molecule has 0 spiro atoms. The summed E-state index contributed by atoms with van der Waals surface area (Å²) >= 11 is 3.33. The van der Waals surface area contributed by atoms with Gasteiger partial charge in [0.25, 0.3) is 0 Å². The molecule has 0 saturated carbocycles. The molecule has 0 aliphatic heterocycles. The number of ether oxygens (including phenoxy) is 1. The summed E-state index contributed by atoms with van der Waals surface area (Å²) in [6.07, 6.45) is 0.946. The summed E-state index contributed by atoms with van der Waals surface area (Å²) in [5, 5.41) is 5.50. The van der Waals surface area contributed by atoms with Gasteiger partial charge >= 0.3 is 6.09 Å². The molecule has 0 bridgehead atoms. The lowest BCUT2D eigenvalue weighted by molar-refractivity contribution is 0.0636. The summed E-state index contributed by atoms with van der Waals surface area (Å²) in [5.41, 5.74) is 0.0834. The number of rotatable bonds is 4. The van der Waals surface area contributed by atoms with Crippen molar-refractivity contribution in [1.29, 1.82) is 0 Å². The normalized spacial score (nSPS) is 11.2. The Hall–Kier alpha value is -2.02. The van der Waals surface area contributed by atoms with E-state index in [4.69, 9.17) is 9.15 Å². The third kappa shape index (κ3) is 5.28. The van der Waals surface area contributed by atoms with E-state index in [0.717, 1.165) is 4.47 Å². The van der Waals surface area contributed by atoms with Crippen LogP contribution in [0.25, 0.3) is 0 Å². The van der Waals surface area contributed by atoms with E-state index in [1.807, 2.05) is 0 Å². The Balaban J connectivity index is 2.04. The Morgan fingerprint density at radius 3 is 2.70 bits per heavy atom. The van der Waals surface area contributed by atoms with Gasteiger partial charge in [-0.05, 0) is 61.0 Å². The Kier molecular flexibility index (Phi) is 5.30. The fourth-order valence-corrected chi connectivity index (χ4v) is 2.13. The van der Waals surface area contributed by atoms with Crippen molar-refractivity contribution in [3.05, 3.63) is 46.6 Å². The van der Waals surface area contributed by atoms with Crippen molar-refractivity contribution >= 4 is 33.4 Å². The van der Waals surface area contributed by atoms with Gasteiger partial charge in [0.2, 0.25) is 0 Å². The number of furan rings is 1.